The van der Waals surface area contributed by atoms with Crippen molar-refractivity contribution in [1.29, 1.82) is 0 Å². The summed E-state index contributed by atoms with van der Waals surface area (Å²) in [5.41, 5.74) is 2.91. The van der Waals surface area contributed by atoms with E-state index in [4.69, 9.17) is 0 Å². The van der Waals surface area contributed by atoms with Crippen molar-refractivity contribution in [3.8, 4) is 0 Å². The van der Waals surface area contributed by atoms with E-state index < -0.39 is 0 Å². The molecule has 1 aromatic carbocycles. The normalized spacial score (nSPS) is 14.7. The van der Waals surface area contributed by atoms with Crippen LogP contribution in [0.15, 0.2) is 24.3 Å². The molecule has 44 valence electrons. The molecule has 0 aliphatic carbocycles. The van der Waals surface area contributed by atoms with Crippen LogP contribution in [0.5, 0.6) is 0 Å². The summed E-state index contributed by atoms with van der Waals surface area (Å²) in [6.45, 7) is 1.05. The Morgan fingerprint density at radius 1 is 1.33 bits per heavy atom. The molecule has 1 N–H and O–H groups in total. The summed E-state index contributed by atoms with van der Waals surface area (Å²) in [7, 11) is 1.05. The lowest BCUT2D eigenvalue weighted by Gasteiger charge is -1.91. The molecule has 2 rings (SSSR count). The molecule has 0 aromatic heterocycles. The van der Waals surface area contributed by atoms with Gasteiger partial charge in [-0.05, 0) is 5.56 Å². The fraction of sp³-hybridized carbons (Fsp3) is 0.143. The van der Waals surface area contributed by atoms with Gasteiger partial charge in [0.25, 0.3) is 0 Å². The lowest BCUT2D eigenvalue weighted by molar-refractivity contribution is 0.991. The van der Waals surface area contributed by atoms with Crippen LogP contribution in [-0.4, -0.2) is 7.41 Å². The monoisotopic (exact) mass is 117 g/mol. The maximum absolute atomic E-state index is 3.29. The van der Waals surface area contributed by atoms with Gasteiger partial charge in [-0.2, -0.15) is 0 Å². The minimum absolute atomic E-state index is 1.05. The fourth-order valence-corrected chi connectivity index (χ4v) is 1.23. The first-order valence-corrected chi connectivity index (χ1v) is 3.24. The molecule has 2 heteroatoms. The highest BCUT2D eigenvalue weighted by molar-refractivity contribution is 6.52. The highest BCUT2D eigenvalue weighted by Crippen LogP contribution is 1.98. The average Bonchev–Trinajstić information content (AvgIpc) is 2.33. The molecule has 1 aliphatic heterocycles. The van der Waals surface area contributed by atoms with Gasteiger partial charge < -0.3 is 5.23 Å². The van der Waals surface area contributed by atoms with Crippen LogP contribution in [0, 0.1) is 0 Å². The lowest BCUT2D eigenvalue weighted by atomic mass is 9.85. The van der Waals surface area contributed by atoms with Crippen LogP contribution in [-0.2, 0) is 6.54 Å². The summed E-state index contributed by atoms with van der Waals surface area (Å²) in [5.74, 6) is 0. The Morgan fingerprint density at radius 3 is 3.11 bits per heavy atom. The van der Waals surface area contributed by atoms with Gasteiger partial charge in [-0.15, -0.1) is 0 Å². The van der Waals surface area contributed by atoms with Crippen molar-refractivity contribution in [2.24, 2.45) is 0 Å². The Labute approximate surface area is 55.4 Å². The third-order valence-corrected chi connectivity index (χ3v) is 1.75. The van der Waals surface area contributed by atoms with Crippen molar-refractivity contribution in [3.05, 3.63) is 29.8 Å². The molecule has 0 bridgehead atoms. The molecule has 0 amide bonds. The van der Waals surface area contributed by atoms with Gasteiger partial charge in [-0.1, -0.05) is 29.7 Å². The van der Waals surface area contributed by atoms with Crippen molar-refractivity contribution in [1.82, 2.24) is 5.23 Å². The minimum Gasteiger partial charge on any atom is -0.351 e. The number of rotatable bonds is 0. The quantitative estimate of drug-likeness (QED) is 0.462. The Hall–Kier alpha value is -0.755. The SMILES string of the molecule is B1NCc2ccccc21. The largest absolute Gasteiger partial charge is 0.351 e. The maximum Gasteiger partial charge on any atom is 0.236 e. The first-order valence-electron chi connectivity index (χ1n) is 3.24. The van der Waals surface area contributed by atoms with Crippen LogP contribution in [0.1, 0.15) is 5.56 Å². The van der Waals surface area contributed by atoms with E-state index in [1.165, 1.54) is 11.0 Å². The summed E-state index contributed by atoms with van der Waals surface area (Å²) in [6.07, 6.45) is 0. The second-order valence-electron chi connectivity index (χ2n) is 2.37. The molecule has 1 aliphatic rings. The fourth-order valence-electron chi connectivity index (χ4n) is 1.23. The summed E-state index contributed by atoms with van der Waals surface area (Å²) in [6, 6.07) is 8.53. The van der Waals surface area contributed by atoms with Gasteiger partial charge in [-0.3, -0.25) is 0 Å². The van der Waals surface area contributed by atoms with Crippen LogP contribution < -0.4 is 10.7 Å². The van der Waals surface area contributed by atoms with Crippen LogP contribution >= 0.6 is 0 Å². The molecule has 9 heavy (non-hydrogen) atoms. The second kappa shape index (κ2) is 1.88. The molecule has 0 saturated heterocycles. The van der Waals surface area contributed by atoms with Crippen LogP contribution in [0.4, 0.5) is 0 Å². The Morgan fingerprint density at radius 2 is 2.22 bits per heavy atom. The standard InChI is InChI=1S/C7H8BN/c1-2-4-7-6(3-1)5-9-8-7/h1-4,8-9H,5H2. The molecule has 0 saturated carbocycles. The van der Waals surface area contributed by atoms with E-state index in [2.05, 4.69) is 29.5 Å². The van der Waals surface area contributed by atoms with Crippen molar-refractivity contribution < 1.29 is 0 Å². The zero-order valence-corrected chi connectivity index (χ0v) is 5.22. The minimum atomic E-state index is 1.05. The molecule has 0 unspecified atom stereocenters. The first kappa shape index (κ1) is 5.06. The number of nitrogens with one attached hydrogen (secondary N) is 1. The first-order chi connectivity index (χ1) is 4.47. The second-order valence-corrected chi connectivity index (χ2v) is 2.37. The highest BCUT2D eigenvalue weighted by atomic mass is 14.8. The van der Waals surface area contributed by atoms with Gasteiger partial charge in [0.2, 0.25) is 7.41 Å². The average molecular weight is 117 g/mol. The van der Waals surface area contributed by atoms with Crippen LogP contribution in [0.3, 0.4) is 0 Å². The zero-order chi connectivity index (χ0) is 6.10. The summed E-state index contributed by atoms with van der Waals surface area (Å²) >= 11 is 0. The molecule has 0 spiro atoms. The van der Waals surface area contributed by atoms with E-state index in [1.54, 1.807) is 0 Å². The molecule has 1 heterocycles. The predicted octanol–water partition coefficient (Wildman–Crippen LogP) is -0.233. The van der Waals surface area contributed by atoms with Crippen molar-refractivity contribution in [3.63, 3.8) is 0 Å². The Bertz CT molecular complexity index is 199. The zero-order valence-electron chi connectivity index (χ0n) is 5.22. The number of hydrogen-bond acceptors (Lipinski definition) is 1. The van der Waals surface area contributed by atoms with Gasteiger partial charge in [-0.25, -0.2) is 0 Å². The third-order valence-electron chi connectivity index (χ3n) is 1.75. The predicted molar refractivity (Wildman–Crippen MR) is 40.1 cm³/mol. The molecular formula is C7H8BN. The Balaban J connectivity index is 2.54. The van der Waals surface area contributed by atoms with E-state index >= 15 is 0 Å². The van der Waals surface area contributed by atoms with Gasteiger partial charge in [0, 0.05) is 6.54 Å². The van der Waals surface area contributed by atoms with Gasteiger partial charge >= 0.3 is 0 Å². The van der Waals surface area contributed by atoms with Gasteiger partial charge in [0.1, 0.15) is 0 Å². The third kappa shape index (κ3) is 0.755. The van der Waals surface area contributed by atoms with Crippen molar-refractivity contribution in [2.75, 3.05) is 0 Å². The summed E-state index contributed by atoms with van der Waals surface area (Å²) in [5, 5.41) is 3.29. The van der Waals surface area contributed by atoms with E-state index in [0.717, 1.165) is 14.0 Å². The molecule has 1 nitrogen and oxygen atoms in total. The number of fused-ring (bicyclic) bond motifs is 1. The van der Waals surface area contributed by atoms with Crippen LogP contribution in [0.2, 0.25) is 0 Å². The molecule has 0 radical (unpaired) electrons. The topological polar surface area (TPSA) is 12.0 Å². The lowest BCUT2D eigenvalue weighted by Crippen LogP contribution is -2.18. The molecule has 0 fully saturated rings. The molecular weight excluding hydrogens is 109 g/mol. The molecule has 1 aromatic rings. The van der Waals surface area contributed by atoms with E-state index in [1.807, 2.05) is 0 Å². The van der Waals surface area contributed by atoms with Crippen molar-refractivity contribution >= 4 is 12.9 Å². The van der Waals surface area contributed by atoms with Gasteiger partial charge in [0.05, 0.1) is 0 Å². The van der Waals surface area contributed by atoms with Crippen LogP contribution in [0.25, 0.3) is 0 Å². The van der Waals surface area contributed by atoms with E-state index in [0.29, 0.717) is 0 Å². The van der Waals surface area contributed by atoms with E-state index in [9.17, 15) is 0 Å². The molecule has 0 atom stereocenters. The Kier molecular flexibility index (Phi) is 1.06. The maximum atomic E-state index is 3.29. The number of hydrogen-bond donors (Lipinski definition) is 1. The summed E-state index contributed by atoms with van der Waals surface area (Å²) < 4.78 is 0. The summed E-state index contributed by atoms with van der Waals surface area (Å²) in [4.78, 5) is 0. The van der Waals surface area contributed by atoms with Gasteiger partial charge in [0.15, 0.2) is 0 Å². The highest BCUT2D eigenvalue weighted by Gasteiger charge is 2.08. The smallest absolute Gasteiger partial charge is 0.236 e. The van der Waals surface area contributed by atoms with E-state index in [-0.39, 0.29) is 0 Å². The number of benzene rings is 1. The van der Waals surface area contributed by atoms with Crippen molar-refractivity contribution in [2.45, 2.75) is 6.54 Å².